The molecule has 0 radical (unpaired) electrons. The molecule has 1 aromatic heterocycles. The predicted molar refractivity (Wildman–Crippen MR) is 93.4 cm³/mol. The number of benzene rings is 1. The topological polar surface area (TPSA) is 50.8 Å². The van der Waals surface area contributed by atoms with Crippen LogP contribution < -0.4 is 4.90 Å². The van der Waals surface area contributed by atoms with Crippen LogP contribution in [0, 0.1) is 22.7 Å². The fourth-order valence-electron chi connectivity index (χ4n) is 2.71. The third kappa shape index (κ3) is 2.10. The van der Waals surface area contributed by atoms with Gasteiger partial charge in [0.1, 0.15) is 11.1 Å². The zero-order valence-electron chi connectivity index (χ0n) is 11.9. The summed E-state index contributed by atoms with van der Waals surface area (Å²) in [5.74, 6) is 0. The average Bonchev–Trinajstić information content (AvgIpc) is 3.22. The van der Waals surface area contributed by atoms with Crippen LogP contribution in [-0.2, 0) is 0 Å². The molecule has 5 heteroatoms. The van der Waals surface area contributed by atoms with Crippen LogP contribution in [0.15, 0.2) is 75.1 Å². The SMILES string of the molecule is N#C/C=C1\C=C(c2cccs2)C(C#N)=C2Sc3ccccc3N21. The van der Waals surface area contributed by atoms with Gasteiger partial charge in [-0.1, -0.05) is 30.0 Å². The highest BCUT2D eigenvalue weighted by molar-refractivity contribution is 8.03. The lowest BCUT2D eigenvalue weighted by molar-refractivity contribution is 1.15. The molecule has 0 unspecified atom stereocenters. The number of hydrogen-bond acceptors (Lipinski definition) is 5. The van der Waals surface area contributed by atoms with E-state index in [-0.39, 0.29) is 0 Å². The number of hydrogen-bond donors (Lipinski definition) is 0. The number of nitriles is 2. The molecular weight excluding hydrogens is 322 g/mol. The van der Waals surface area contributed by atoms with Gasteiger partial charge in [-0.3, -0.25) is 0 Å². The zero-order valence-corrected chi connectivity index (χ0v) is 13.5. The van der Waals surface area contributed by atoms with E-state index in [1.54, 1.807) is 23.1 Å². The van der Waals surface area contributed by atoms with Crippen LogP contribution in [-0.4, -0.2) is 0 Å². The summed E-state index contributed by atoms with van der Waals surface area (Å²) in [5.41, 5.74) is 3.35. The van der Waals surface area contributed by atoms with Crippen molar-refractivity contribution in [2.24, 2.45) is 0 Å². The van der Waals surface area contributed by atoms with Gasteiger partial charge in [0, 0.05) is 21.4 Å². The monoisotopic (exact) mass is 331 g/mol. The second-order valence-electron chi connectivity index (χ2n) is 4.93. The van der Waals surface area contributed by atoms with Gasteiger partial charge >= 0.3 is 0 Å². The van der Waals surface area contributed by atoms with Crippen molar-refractivity contribution in [3.63, 3.8) is 0 Å². The Bertz CT molecular complexity index is 966. The van der Waals surface area contributed by atoms with E-state index in [1.165, 1.54) is 6.08 Å². The van der Waals surface area contributed by atoms with Gasteiger partial charge in [-0.25, -0.2) is 0 Å². The molecular formula is C18H9N3S2. The summed E-state index contributed by atoms with van der Waals surface area (Å²) in [6.45, 7) is 0. The first-order valence-corrected chi connectivity index (χ1v) is 8.60. The number of thioether (sulfide) groups is 1. The van der Waals surface area contributed by atoms with E-state index in [9.17, 15) is 5.26 Å². The summed E-state index contributed by atoms with van der Waals surface area (Å²) in [5, 5.41) is 21.8. The normalized spacial score (nSPS) is 17.4. The van der Waals surface area contributed by atoms with Crippen LogP contribution in [0.4, 0.5) is 5.69 Å². The van der Waals surface area contributed by atoms with E-state index in [0.29, 0.717) is 5.57 Å². The van der Waals surface area contributed by atoms with E-state index in [4.69, 9.17) is 5.26 Å². The van der Waals surface area contributed by atoms with Gasteiger partial charge in [0.15, 0.2) is 0 Å². The van der Waals surface area contributed by atoms with Crippen molar-refractivity contribution >= 4 is 34.4 Å². The molecule has 3 nitrogen and oxygen atoms in total. The summed E-state index contributed by atoms with van der Waals surface area (Å²) in [4.78, 5) is 4.13. The van der Waals surface area contributed by atoms with E-state index < -0.39 is 0 Å². The van der Waals surface area contributed by atoms with Crippen molar-refractivity contribution < 1.29 is 0 Å². The number of allylic oxidation sites excluding steroid dienone is 4. The highest BCUT2D eigenvalue weighted by Gasteiger charge is 2.34. The van der Waals surface area contributed by atoms with Crippen LogP contribution in [0.3, 0.4) is 0 Å². The maximum absolute atomic E-state index is 9.73. The Morgan fingerprint density at radius 2 is 1.96 bits per heavy atom. The Hall–Kier alpha value is -2.73. The lowest BCUT2D eigenvalue weighted by atomic mass is 10.0. The molecule has 3 heterocycles. The van der Waals surface area contributed by atoms with Crippen molar-refractivity contribution in [2.45, 2.75) is 4.90 Å². The molecule has 0 aliphatic carbocycles. The van der Waals surface area contributed by atoms with Gasteiger partial charge < -0.3 is 4.90 Å². The van der Waals surface area contributed by atoms with Crippen LogP contribution >= 0.6 is 23.1 Å². The molecule has 4 rings (SSSR count). The Kier molecular flexibility index (Phi) is 3.31. The molecule has 2 aliphatic rings. The number of anilines is 1. The highest BCUT2D eigenvalue weighted by atomic mass is 32.2. The Labute approximate surface area is 142 Å². The lowest BCUT2D eigenvalue weighted by Gasteiger charge is -2.27. The van der Waals surface area contributed by atoms with Gasteiger partial charge in [0.2, 0.25) is 0 Å². The minimum absolute atomic E-state index is 0.656. The van der Waals surface area contributed by atoms with Crippen LogP contribution in [0.5, 0.6) is 0 Å². The minimum atomic E-state index is 0.656. The predicted octanol–water partition coefficient (Wildman–Crippen LogP) is 4.90. The molecule has 0 amide bonds. The van der Waals surface area contributed by atoms with Gasteiger partial charge in [0.25, 0.3) is 0 Å². The number of fused-ring (bicyclic) bond motifs is 3. The van der Waals surface area contributed by atoms with Crippen molar-refractivity contribution in [3.05, 3.63) is 75.1 Å². The largest absolute Gasteiger partial charge is 0.302 e. The van der Waals surface area contributed by atoms with Gasteiger partial charge in [-0.2, -0.15) is 10.5 Å². The molecule has 0 N–H and O–H groups in total. The Morgan fingerprint density at radius 3 is 2.70 bits per heavy atom. The van der Waals surface area contributed by atoms with E-state index in [0.717, 1.165) is 31.8 Å². The van der Waals surface area contributed by atoms with Gasteiger partial charge in [-0.15, -0.1) is 11.3 Å². The smallest absolute Gasteiger partial charge is 0.104 e. The van der Waals surface area contributed by atoms with Gasteiger partial charge in [-0.05, 0) is 29.7 Å². The number of nitrogens with zero attached hydrogens (tertiary/aromatic N) is 3. The molecule has 2 aliphatic heterocycles. The maximum Gasteiger partial charge on any atom is 0.104 e. The molecule has 1 aromatic carbocycles. The van der Waals surface area contributed by atoms with Crippen molar-refractivity contribution in [2.75, 3.05) is 4.90 Å². The van der Waals surface area contributed by atoms with Gasteiger partial charge in [0.05, 0.1) is 23.0 Å². The molecule has 0 atom stereocenters. The number of rotatable bonds is 1. The van der Waals surface area contributed by atoms with Crippen molar-refractivity contribution in [3.8, 4) is 12.1 Å². The average molecular weight is 331 g/mol. The maximum atomic E-state index is 9.73. The Balaban J connectivity index is 1.98. The van der Waals surface area contributed by atoms with E-state index >= 15 is 0 Å². The molecule has 0 saturated heterocycles. The summed E-state index contributed by atoms with van der Waals surface area (Å²) >= 11 is 3.18. The van der Waals surface area contributed by atoms with Crippen LogP contribution in [0.2, 0.25) is 0 Å². The molecule has 23 heavy (non-hydrogen) atoms. The number of para-hydroxylation sites is 1. The summed E-state index contributed by atoms with van der Waals surface area (Å²) in [7, 11) is 0. The van der Waals surface area contributed by atoms with Crippen molar-refractivity contribution in [1.82, 2.24) is 0 Å². The van der Waals surface area contributed by atoms with E-state index in [2.05, 4.69) is 12.1 Å². The quantitative estimate of drug-likeness (QED) is 0.697. The number of thiophene rings is 1. The first-order chi connectivity index (χ1) is 11.3. The molecule has 2 aromatic rings. The second-order valence-corrected chi connectivity index (χ2v) is 6.91. The summed E-state index contributed by atoms with van der Waals surface area (Å²) in [6, 6.07) is 16.5. The summed E-state index contributed by atoms with van der Waals surface area (Å²) in [6.07, 6.45) is 3.46. The molecule has 0 fully saturated rings. The minimum Gasteiger partial charge on any atom is -0.302 e. The molecule has 0 bridgehead atoms. The Morgan fingerprint density at radius 1 is 1.09 bits per heavy atom. The molecule has 0 spiro atoms. The second kappa shape index (κ2) is 5.48. The fourth-order valence-corrected chi connectivity index (χ4v) is 4.63. The van der Waals surface area contributed by atoms with Crippen LogP contribution in [0.25, 0.3) is 5.57 Å². The summed E-state index contributed by atoms with van der Waals surface area (Å²) < 4.78 is 0. The van der Waals surface area contributed by atoms with Crippen LogP contribution in [0.1, 0.15) is 4.88 Å². The standard InChI is InChI=1S/C18H9N3S2/c19-8-7-12-10-13(16-6-3-9-22-16)14(11-20)18-21(12)15-4-1-2-5-17(15)23-18/h1-7,9-10H/b12-7+. The highest BCUT2D eigenvalue weighted by Crippen LogP contribution is 2.53. The fraction of sp³-hybridized carbons (Fsp3) is 0. The molecule has 0 saturated carbocycles. The molecule has 108 valence electrons. The third-order valence-corrected chi connectivity index (χ3v) is 5.71. The third-order valence-electron chi connectivity index (χ3n) is 3.66. The first-order valence-electron chi connectivity index (χ1n) is 6.90. The van der Waals surface area contributed by atoms with Crippen molar-refractivity contribution in [1.29, 1.82) is 10.5 Å². The zero-order chi connectivity index (χ0) is 15.8. The lowest BCUT2D eigenvalue weighted by Crippen LogP contribution is -2.21. The first kappa shape index (κ1) is 13.9. The van der Waals surface area contributed by atoms with E-state index in [1.807, 2.05) is 52.8 Å².